The number of nitrogens with zero attached hydrogens (tertiary/aromatic N) is 2. The van der Waals surface area contributed by atoms with E-state index in [1.807, 2.05) is 0 Å². The molecule has 84 valence electrons. The minimum atomic E-state index is -4.94. The van der Waals surface area contributed by atoms with Crippen molar-refractivity contribution in [1.82, 2.24) is 4.90 Å². The van der Waals surface area contributed by atoms with Crippen molar-refractivity contribution in [2.24, 2.45) is 0 Å². The minimum absolute atomic E-state index is 1.34. The molecule has 3 rings (SSSR count). The Morgan fingerprint density at radius 2 is 1.21 bits per heavy atom. The molecule has 0 aromatic heterocycles. The molecule has 0 aromatic rings. The van der Waals surface area contributed by atoms with Crippen molar-refractivity contribution in [3.63, 3.8) is 0 Å². The van der Waals surface area contributed by atoms with Gasteiger partial charge in [0.15, 0.2) is 0 Å². The lowest BCUT2D eigenvalue weighted by Crippen LogP contribution is -2.68. The Labute approximate surface area is 85.3 Å². The highest BCUT2D eigenvalue weighted by atomic mass is 35.7. The molecule has 0 N–H and O–H groups in total. The molecule has 0 atom stereocenters. The van der Waals surface area contributed by atoms with Crippen LogP contribution in [-0.4, -0.2) is 55.7 Å². The second-order valence-electron chi connectivity index (χ2n) is 4.01. The predicted molar refractivity (Wildman–Crippen MR) is 37.2 cm³/mol. The molecule has 14 heavy (non-hydrogen) atoms. The van der Waals surface area contributed by atoms with Crippen LogP contribution in [0, 0.1) is 10.2 Å². The summed E-state index contributed by atoms with van der Waals surface area (Å²) in [7, 11) is -2.56. The molecule has 0 saturated carbocycles. The molecule has 3 aliphatic rings. The van der Waals surface area contributed by atoms with E-state index in [1.54, 1.807) is 0 Å². The Hall–Kier alpha value is 0.0500. The van der Waals surface area contributed by atoms with Crippen molar-refractivity contribution in [3.8, 4) is 0 Å². The first-order valence-corrected chi connectivity index (χ1v) is 5.70. The van der Waals surface area contributed by atoms with Gasteiger partial charge in [-0.25, -0.2) is 18.6 Å². The molecule has 0 radical (unpaired) electrons. The molecule has 3 fully saturated rings. The van der Waals surface area contributed by atoms with Crippen LogP contribution in [0.2, 0.25) is 0 Å². The third-order valence-electron chi connectivity index (χ3n) is 2.87. The van der Waals surface area contributed by atoms with Gasteiger partial charge in [-0.1, -0.05) is 0 Å². The lowest BCUT2D eigenvalue weighted by atomic mass is 10.2. The van der Waals surface area contributed by atoms with E-state index in [4.69, 9.17) is 18.6 Å². The number of quaternary nitrogens is 1. The first kappa shape index (κ1) is 12.1. The highest BCUT2D eigenvalue weighted by molar-refractivity contribution is 4.68. The Morgan fingerprint density at radius 3 is 1.36 bits per heavy atom. The van der Waals surface area contributed by atoms with Gasteiger partial charge in [0, 0.05) is 19.6 Å². The zero-order chi connectivity index (χ0) is 10.8. The van der Waals surface area contributed by atoms with Gasteiger partial charge in [0.1, 0.15) is 0 Å². The molecule has 3 aliphatic heterocycles. The molecule has 6 nitrogen and oxygen atoms in total. The van der Waals surface area contributed by atoms with Crippen LogP contribution < -0.4 is 18.6 Å². The topological polar surface area (TPSA) is 95.5 Å². The number of rotatable bonds is 0. The Kier molecular flexibility index (Phi) is 3.70. The average molecular weight is 227 g/mol. The summed E-state index contributed by atoms with van der Waals surface area (Å²) in [6.45, 7) is 8.20. The molecule has 3 heterocycles. The van der Waals surface area contributed by atoms with Crippen molar-refractivity contribution in [1.29, 1.82) is 0 Å². The molecular formula is C7H15ClN2O4. The second-order valence-corrected chi connectivity index (χ2v) is 4.77. The molecule has 0 aromatic carbocycles. The summed E-state index contributed by atoms with van der Waals surface area (Å²) in [5.74, 6) is 0. The first-order chi connectivity index (χ1) is 6.29. The van der Waals surface area contributed by atoms with Crippen molar-refractivity contribution >= 4 is 0 Å². The van der Waals surface area contributed by atoms with Gasteiger partial charge >= 0.3 is 0 Å². The Morgan fingerprint density at radius 1 is 0.929 bits per heavy atom. The maximum atomic E-state index is 8.49. The van der Waals surface area contributed by atoms with Crippen molar-refractivity contribution in [2.45, 2.75) is 0 Å². The zero-order valence-corrected chi connectivity index (χ0v) is 8.90. The first-order valence-electron chi connectivity index (χ1n) is 4.46. The number of hydrogen-bond donors (Lipinski definition) is 0. The van der Waals surface area contributed by atoms with Crippen LogP contribution in [0.3, 0.4) is 0 Å². The maximum absolute atomic E-state index is 8.49. The highest BCUT2D eigenvalue weighted by Crippen LogP contribution is 2.15. The van der Waals surface area contributed by atoms with Crippen molar-refractivity contribution in [2.75, 3.05) is 46.3 Å². The Balaban J connectivity index is 0.000000171. The fourth-order valence-corrected chi connectivity index (χ4v) is 1.82. The number of likely N-dealkylation sites (N-methyl/N-ethyl adjacent to an activating group) is 1. The van der Waals surface area contributed by atoms with Gasteiger partial charge in [0.25, 0.3) is 0 Å². The van der Waals surface area contributed by atoms with Gasteiger partial charge in [-0.2, -0.15) is 0 Å². The molecule has 0 amide bonds. The average Bonchev–Trinajstić information content (AvgIpc) is 2.02. The maximum Gasteiger partial charge on any atom is 0.0914 e. The van der Waals surface area contributed by atoms with Crippen LogP contribution >= 0.6 is 0 Å². The summed E-state index contributed by atoms with van der Waals surface area (Å²) in [4.78, 5) is 2.57. The lowest BCUT2D eigenvalue weighted by molar-refractivity contribution is -2.00. The number of fused-ring (bicyclic) bond motifs is 3. The van der Waals surface area contributed by atoms with E-state index in [1.165, 1.54) is 43.8 Å². The molecule has 2 bridgehead atoms. The Bertz CT molecular complexity index is 169. The molecule has 0 spiro atoms. The van der Waals surface area contributed by atoms with E-state index in [0.717, 1.165) is 0 Å². The molecule has 3 saturated heterocycles. The van der Waals surface area contributed by atoms with Crippen LogP contribution in [0.1, 0.15) is 0 Å². The summed E-state index contributed by atoms with van der Waals surface area (Å²) in [6, 6.07) is 0. The second kappa shape index (κ2) is 4.28. The highest BCUT2D eigenvalue weighted by Gasteiger charge is 2.34. The lowest BCUT2D eigenvalue weighted by Gasteiger charge is -2.48. The van der Waals surface area contributed by atoms with Crippen molar-refractivity contribution in [3.05, 3.63) is 0 Å². The normalized spacial score (nSPS) is 36.2. The zero-order valence-electron chi connectivity index (χ0n) is 8.15. The van der Waals surface area contributed by atoms with Gasteiger partial charge < -0.3 is 4.48 Å². The van der Waals surface area contributed by atoms with E-state index >= 15 is 0 Å². The van der Waals surface area contributed by atoms with E-state index in [-0.39, 0.29) is 0 Å². The van der Waals surface area contributed by atoms with E-state index in [0.29, 0.717) is 0 Å². The van der Waals surface area contributed by atoms with Gasteiger partial charge in [0.05, 0.1) is 26.7 Å². The fraction of sp³-hybridized carbons (Fsp3) is 1.00. The quantitative estimate of drug-likeness (QED) is 0.386. The largest absolute Gasteiger partial charge is 0.323 e. The summed E-state index contributed by atoms with van der Waals surface area (Å²) in [6.07, 6.45) is 0. The van der Waals surface area contributed by atoms with E-state index < -0.39 is 10.2 Å². The number of hydrogen-bond acceptors (Lipinski definition) is 5. The minimum Gasteiger partial charge on any atom is -0.323 e. The standard InChI is InChI=1S/C7H15N2.ClHO4/c1-9-5-2-8(3-6-9)4-7-9;2-1(3,4)5/h2-7H2,1H3;(H,2,3,4,5)/q+1;/p-1. The van der Waals surface area contributed by atoms with Crippen LogP contribution in [0.25, 0.3) is 0 Å². The van der Waals surface area contributed by atoms with Crippen LogP contribution in [0.15, 0.2) is 0 Å². The fourth-order valence-electron chi connectivity index (χ4n) is 1.82. The summed E-state index contributed by atoms with van der Waals surface area (Å²) >= 11 is 0. The third kappa shape index (κ3) is 4.52. The third-order valence-corrected chi connectivity index (χ3v) is 2.87. The monoisotopic (exact) mass is 226 g/mol. The summed E-state index contributed by atoms with van der Waals surface area (Å²) < 4.78 is 35.3. The van der Waals surface area contributed by atoms with Gasteiger partial charge in [-0.15, -0.1) is 10.2 Å². The van der Waals surface area contributed by atoms with E-state index in [9.17, 15) is 0 Å². The van der Waals surface area contributed by atoms with Crippen molar-refractivity contribution < 1.29 is 33.4 Å². The van der Waals surface area contributed by atoms with Crippen LogP contribution in [0.4, 0.5) is 0 Å². The predicted octanol–water partition coefficient (Wildman–Crippen LogP) is -4.99. The summed E-state index contributed by atoms with van der Waals surface area (Å²) in [5.41, 5.74) is 0. The van der Waals surface area contributed by atoms with Gasteiger partial charge in [-0.05, 0) is 0 Å². The smallest absolute Gasteiger partial charge is 0.0914 e. The number of halogens is 1. The van der Waals surface area contributed by atoms with Gasteiger partial charge in [0.2, 0.25) is 0 Å². The SMILES string of the molecule is C[N+]12CCN(CC1)CC2.[O-][Cl+3]([O-])([O-])[O-]. The molecule has 0 aliphatic carbocycles. The summed E-state index contributed by atoms with van der Waals surface area (Å²) in [5, 5.41) is 0. The van der Waals surface area contributed by atoms with Gasteiger partial charge in [-0.3, -0.25) is 4.90 Å². The molecular weight excluding hydrogens is 212 g/mol. The van der Waals surface area contributed by atoms with Crippen LogP contribution in [-0.2, 0) is 0 Å². The number of piperazine rings is 3. The molecule has 7 heteroatoms. The molecule has 0 unspecified atom stereocenters. The van der Waals surface area contributed by atoms with E-state index in [2.05, 4.69) is 11.9 Å². The van der Waals surface area contributed by atoms with Crippen LogP contribution in [0.5, 0.6) is 0 Å².